The van der Waals surface area contributed by atoms with Gasteiger partial charge in [-0.2, -0.15) is 5.26 Å². The molecule has 1 saturated heterocycles. The van der Waals surface area contributed by atoms with Crippen molar-refractivity contribution in [1.29, 1.82) is 5.26 Å². The van der Waals surface area contributed by atoms with Gasteiger partial charge in [0.1, 0.15) is 55.4 Å². The fourth-order valence-corrected chi connectivity index (χ4v) is 8.45. The number of alkyl halides is 2. The number of aromatic nitrogens is 2. The van der Waals surface area contributed by atoms with Gasteiger partial charge in [-0.05, 0) is 93.4 Å². The summed E-state index contributed by atoms with van der Waals surface area (Å²) in [6, 6.07) is 14.0. The molecule has 4 atom stereocenters. The second-order valence-electron chi connectivity index (χ2n) is 17.2. The number of nitrogens with two attached hydrogens (primary N) is 3. The molecular formula is C49H60F2N12O7. The molecule has 0 radical (unpaired) electrons. The summed E-state index contributed by atoms with van der Waals surface area (Å²) >= 11 is 0. The van der Waals surface area contributed by atoms with E-state index in [9.17, 15) is 38.0 Å². The number of aryl methyl sites for hydroxylation is 2. The van der Waals surface area contributed by atoms with Gasteiger partial charge in [0.25, 0.3) is 11.8 Å². The van der Waals surface area contributed by atoms with Gasteiger partial charge in [-0.15, -0.1) is 0 Å². The fourth-order valence-electron chi connectivity index (χ4n) is 8.45. The van der Waals surface area contributed by atoms with Crippen LogP contribution in [0.5, 0.6) is 11.5 Å². The summed E-state index contributed by atoms with van der Waals surface area (Å²) in [5.41, 5.74) is 21.7. The first-order chi connectivity index (χ1) is 33.5. The van der Waals surface area contributed by atoms with Gasteiger partial charge in [-0.3, -0.25) is 24.0 Å². The van der Waals surface area contributed by atoms with E-state index in [2.05, 4.69) is 31.2 Å². The lowest BCUT2D eigenvalue weighted by atomic mass is 9.93. The number of ether oxygens (including phenoxy) is 2. The number of hydrogen-bond acceptors (Lipinski definition) is 14. The second-order valence-corrected chi connectivity index (χ2v) is 17.2. The van der Waals surface area contributed by atoms with Gasteiger partial charge in [0.2, 0.25) is 23.6 Å². The van der Waals surface area contributed by atoms with Gasteiger partial charge in [0.15, 0.2) is 5.82 Å². The van der Waals surface area contributed by atoms with E-state index in [0.29, 0.717) is 51.0 Å². The zero-order chi connectivity index (χ0) is 50.7. The smallest absolute Gasteiger partial charge is 0.255 e. The van der Waals surface area contributed by atoms with Crippen molar-refractivity contribution in [3.8, 4) is 40.1 Å². The van der Waals surface area contributed by atoms with E-state index in [4.69, 9.17) is 26.7 Å². The number of nitrogens with zero attached hydrogens (tertiary/aromatic N) is 5. The standard InChI is InChI=1S/C49H60F2N12O7/c1-28-41(29(2)58-43(57-28)32-6-9-34(10-7-32)63-21-14-49(50,51)15-22-63)46(66)60-37(13-16-52)48(68)62(4)42-33-8-12-40(70-24-19-55)36(27-33)35-25-31(5-11-39(35)69-23-18-54)26-38(45(65)56-20-17-53)61-44(64)30(3)59-47(42)67/h5-12,25,27,30,37-38,42H,13-16,18-24,26,52,54-55H2,1-4H3,(H,56,65)(H,59,67)(H,60,66)(H,61,64). The summed E-state index contributed by atoms with van der Waals surface area (Å²) in [5, 5.41) is 19.9. The van der Waals surface area contributed by atoms with Crippen LogP contribution in [0.1, 0.15) is 65.1 Å². The topological polar surface area (TPSA) is 286 Å². The Bertz CT molecular complexity index is 2580. The molecule has 6 rings (SSSR count). The van der Waals surface area contributed by atoms with Gasteiger partial charge in [-0.25, -0.2) is 18.7 Å². The number of piperidine rings is 1. The maximum absolute atomic E-state index is 14.8. The van der Waals surface area contributed by atoms with E-state index in [1.165, 1.54) is 14.0 Å². The van der Waals surface area contributed by atoms with Crippen LogP contribution >= 0.6 is 0 Å². The lowest BCUT2D eigenvalue weighted by Gasteiger charge is -2.33. The normalized spacial score (nSPS) is 18.2. The van der Waals surface area contributed by atoms with Crippen LogP contribution in [0.3, 0.4) is 0 Å². The first-order valence-electron chi connectivity index (χ1n) is 23.0. The number of rotatable bonds is 16. The Labute approximate surface area is 404 Å². The van der Waals surface area contributed by atoms with Crippen LogP contribution in [-0.2, 0) is 25.6 Å². The minimum absolute atomic E-state index is 0.0162. The average Bonchev–Trinajstić information content (AvgIpc) is 3.33. The summed E-state index contributed by atoms with van der Waals surface area (Å²) in [6.45, 7) is 5.40. The molecule has 4 aromatic rings. The molecule has 3 aromatic carbocycles. The first kappa shape index (κ1) is 52.1. The maximum atomic E-state index is 14.8. The highest BCUT2D eigenvalue weighted by atomic mass is 19.3. The van der Waals surface area contributed by atoms with E-state index in [-0.39, 0.29) is 89.3 Å². The van der Waals surface area contributed by atoms with Crippen molar-refractivity contribution in [1.82, 2.24) is 36.1 Å². The number of amides is 5. The second kappa shape index (κ2) is 23.3. The first-order valence-corrected chi connectivity index (χ1v) is 23.0. The predicted octanol–water partition coefficient (Wildman–Crippen LogP) is 2.17. The molecule has 3 heterocycles. The number of fused-ring (bicyclic) bond motifs is 5. The average molecular weight is 967 g/mol. The number of halogens is 2. The Morgan fingerprint density at radius 3 is 2.11 bits per heavy atom. The van der Waals surface area contributed by atoms with Crippen molar-refractivity contribution in [3.63, 3.8) is 0 Å². The van der Waals surface area contributed by atoms with E-state index >= 15 is 0 Å². The maximum Gasteiger partial charge on any atom is 0.255 e. The van der Waals surface area contributed by atoms with Crippen LogP contribution in [0.4, 0.5) is 14.5 Å². The summed E-state index contributed by atoms with van der Waals surface area (Å²) in [6.07, 6.45) is -0.496. The highest BCUT2D eigenvalue weighted by molar-refractivity contribution is 6.00. The highest BCUT2D eigenvalue weighted by Gasteiger charge is 2.37. The Balaban J connectivity index is 1.34. The number of nitrogens with one attached hydrogen (secondary N) is 4. The minimum Gasteiger partial charge on any atom is -0.492 e. The third-order valence-electron chi connectivity index (χ3n) is 12.1. The van der Waals surface area contributed by atoms with Gasteiger partial charge in [-0.1, -0.05) is 12.1 Å². The molecule has 0 aliphatic carbocycles. The molecule has 21 heteroatoms. The molecule has 4 bridgehead atoms. The number of hydrogen-bond donors (Lipinski definition) is 7. The SMILES string of the molecule is Cc1nc(-c2ccc(N3CCC(F)(F)CC3)cc2)nc(C)c1C(=O)NC(CCN)C(=O)N(C)C1C(=O)NC(C)C(=O)NC(C(=O)NCC#N)Cc2ccc(OCCN)c(c2)-c2cc1ccc2OCCN. The van der Waals surface area contributed by atoms with Crippen LogP contribution in [-0.4, -0.2) is 128 Å². The van der Waals surface area contributed by atoms with Crippen LogP contribution in [0, 0.1) is 25.2 Å². The summed E-state index contributed by atoms with van der Waals surface area (Å²) in [4.78, 5) is 83.0. The third-order valence-corrected chi connectivity index (χ3v) is 12.1. The fraction of sp³-hybridized carbons (Fsp3) is 0.429. The van der Waals surface area contributed by atoms with Crippen LogP contribution < -0.4 is 52.8 Å². The monoisotopic (exact) mass is 966 g/mol. The molecule has 10 N–H and O–H groups in total. The van der Waals surface area contributed by atoms with Crippen molar-refractivity contribution < 1.29 is 42.2 Å². The predicted molar refractivity (Wildman–Crippen MR) is 257 cm³/mol. The third kappa shape index (κ3) is 12.5. The van der Waals surface area contributed by atoms with E-state index in [1.807, 2.05) is 23.1 Å². The van der Waals surface area contributed by atoms with E-state index in [1.54, 1.807) is 62.4 Å². The van der Waals surface area contributed by atoms with Gasteiger partial charge >= 0.3 is 0 Å². The number of carbonyl (C=O) groups excluding carboxylic acids is 5. The molecule has 1 fully saturated rings. The highest BCUT2D eigenvalue weighted by Crippen LogP contribution is 2.40. The molecule has 2 aliphatic rings. The van der Waals surface area contributed by atoms with Crippen molar-refractivity contribution in [2.75, 3.05) is 64.4 Å². The number of nitriles is 1. The van der Waals surface area contributed by atoms with E-state index in [0.717, 1.165) is 10.6 Å². The van der Waals surface area contributed by atoms with Crippen LogP contribution in [0.25, 0.3) is 22.5 Å². The Hall–Kier alpha value is -7.28. The minimum atomic E-state index is -2.67. The number of anilines is 1. The molecule has 2 aliphatic heterocycles. The largest absolute Gasteiger partial charge is 0.492 e. The van der Waals surface area contributed by atoms with Crippen LogP contribution in [0.15, 0.2) is 60.7 Å². The Morgan fingerprint density at radius 1 is 0.900 bits per heavy atom. The summed E-state index contributed by atoms with van der Waals surface area (Å²) in [7, 11) is 1.39. The summed E-state index contributed by atoms with van der Waals surface area (Å²) < 4.78 is 39.7. The molecule has 0 spiro atoms. The molecule has 1 aromatic heterocycles. The Kier molecular flexibility index (Phi) is 17.4. The van der Waals surface area contributed by atoms with Gasteiger partial charge in [0, 0.05) is 74.9 Å². The number of carbonyl (C=O) groups is 5. The van der Waals surface area contributed by atoms with Crippen molar-refractivity contribution in [3.05, 3.63) is 88.7 Å². The van der Waals surface area contributed by atoms with Crippen molar-refractivity contribution >= 4 is 35.2 Å². The lowest BCUT2D eigenvalue weighted by Crippen LogP contribution is -2.56. The number of benzene rings is 3. The summed E-state index contributed by atoms with van der Waals surface area (Å²) in [5.74, 6) is -5.11. The zero-order valence-corrected chi connectivity index (χ0v) is 39.6. The van der Waals surface area contributed by atoms with Crippen molar-refractivity contribution in [2.24, 2.45) is 17.2 Å². The molecule has 19 nitrogen and oxygen atoms in total. The molecule has 70 heavy (non-hydrogen) atoms. The molecule has 0 saturated carbocycles. The lowest BCUT2D eigenvalue weighted by molar-refractivity contribution is -0.141. The molecular weight excluding hydrogens is 907 g/mol. The molecule has 372 valence electrons. The quantitative estimate of drug-likeness (QED) is 0.0793. The Morgan fingerprint density at radius 2 is 1.51 bits per heavy atom. The van der Waals surface area contributed by atoms with Crippen LogP contribution in [0.2, 0.25) is 0 Å². The van der Waals surface area contributed by atoms with Crippen molar-refractivity contribution in [2.45, 2.75) is 76.5 Å². The van der Waals surface area contributed by atoms with E-state index < -0.39 is 59.6 Å². The molecule has 4 unspecified atom stereocenters. The zero-order valence-electron chi connectivity index (χ0n) is 39.6. The molecule has 5 amide bonds. The van der Waals surface area contributed by atoms with Gasteiger partial charge < -0.3 is 57.7 Å². The van der Waals surface area contributed by atoms with Gasteiger partial charge in [0.05, 0.1) is 23.0 Å². The number of likely N-dealkylation sites (N-methyl/N-ethyl adjacent to an activating group) is 1.